The van der Waals surface area contributed by atoms with Crippen LogP contribution in [0.15, 0.2) is 12.7 Å². The molecule has 0 aromatic heterocycles. The van der Waals surface area contributed by atoms with Crippen LogP contribution in [0.4, 0.5) is 4.79 Å². The first-order valence-corrected chi connectivity index (χ1v) is 3.92. The van der Waals surface area contributed by atoms with Crippen molar-refractivity contribution in [1.82, 2.24) is 5.32 Å². The topological polar surface area (TPSA) is 64.6 Å². The molecule has 1 rings (SSSR count). The number of cyclic esters (lactones) is 1. The molecular weight excluding hydrogens is 174 g/mol. The van der Waals surface area contributed by atoms with Crippen molar-refractivity contribution >= 4 is 12.1 Å². The minimum atomic E-state index is -0.553. The van der Waals surface area contributed by atoms with E-state index >= 15 is 0 Å². The number of alkyl carbamates (subject to hydrolysis) is 1. The van der Waals surface area contributed by atoms with Crippen LogP contribution in [-0.4, -0.2) is 31.3 Å². The molecule has 1 amide bonds. The zero-order chi connectivity index (χ0) is 9.68. The summed E-state index contributed by atoms with van der Waals surface area (Å²) >= 11 is 0. The normalized spacial score (nSPS) is 20.6. The van der Waals surface area contributed by atoms with Gasteiger partial charge in [0.25, 0.3) is 0 Å². The Morgan fingerprint density at radius 3 is 3.15 bits per heavy atom. The van der Waals surface area contributed by atoms with E-state index in [4.69, 9.17) is 0 Å². The van der Waals surface area contributed by atoms with E-state index in [1.54, 1.807) is 0 Å². The van der Waals surface area contributed by atoms with Gasteiger partial charge in [-0.15, -0.1) is 0 Å². The number of nitrogens with one attached hydrogen (secondary N) is 1. The zero-order valence-corrected chi connectivity index (χ0v) is 7.12. The van der Waals surface area contributed by atoms with Crippen molar-refractivity contribution in [3.8, 4) is 0 Å². The molecule has 1 atom stereocenters. The number of rotatable bonds is 3. The zero-order valence-electron chi connectivity index (χ0n) is 7.12. The summed E-state index contributed by atoms with van der Waals surface area (Å²) in [5, 5.41) is 2.49. The molecule has 0 unspecified atom stereocenters. The van der Waals surface area contributed by atoms with Gasteiger partial charge in [0.15, 0.2) is 0 Å². The summed E-state index contributed by atoms with van der Waals surface area (Å²) < 4.78 is 9.29. The predicted molar refractivity (Wildman–Crippen MR) is 44.0 cm³/mol. The van der Waals surface area contributed by atoms with E-state index in [1.807, 2.05) is 0 Å². The molecule has 0 aromatic carbocycles. The lowest BCUT2D eigenvalue weighted by molar-refractivity contribution is -0.137. The first kappa shape index (κ1) is 9.57. The molecule has 0 radical (unpaired) electrons. The van der Waals surface area contributed by atoms with Crippen LogP contribution < -0.4 is 5.32 Å². The molecule has 1 fully saturated rings. The SMILES string of the molecule is C=CCOC(=O)N[C@@H]1COC(=O)C1. The third-order valence-corrected chi connectivity index (χ3v) is 1.51. The maximum absolute atomic E-state index is 10.9. The molecule has 13 heavy (non-hydrogen) atoms. The molecule has 1 saturated heterocycles. The van der Waals surface area contributed by atoms with E-state index in [-0.39, 0.29) is 31.6 Å². The van der Waals surface area contributed by atoms with Crippen LogP contribution in [0.2, 0.25) is 0 Å². The van der Waals surface area contributed by atoms with Gasteiger partial charge < -0.3 is 14.8 Å². The fourth-order valence-electron chi connectivity index (χ4n) is 0.948. The second-order valence-corrected chi connectivity index (χ2v) is 2.62. The minimum absolute atomic E-state index is 0.160. The lowest BCUT2D eigenvalue weighted by atomic mass is 10.3. The minimum Gasteiger partial charge on any atom is -0.463 e. The van der Waals surface area contributed by atoms with Crippen molar-refractivity contribution < 1.29 is 19.1 Å². The number of carbonyl (C=O) groups excluding carboxylic acids is 2. The Kier molecular flexibility index (Phi) is 3.31. The van der Waals surface area contributed by atoms with Crippen LogP contribution in [0.3, 0.4) is 0 Å². The molecular formula is C8H11NO4. The Morgan fingerprint density at radius 1 is 1.85 bits per heavy atom. The van der Waals surface area contributed by atoms with Crippen LogP contribution >= 0.6 is 0 Å². The van der Waals surface area contributed by atoms with E-state index in [0.29, 0.717) is 0 Å². The van der Waals surface area contributed by atoms with Crippen LogP contribution in [-0.2, 0) is 14.3 Å². The van der Waals surface area contributed by atoms with Gasteiger partial charge in [-0.3, -0.25) is 4.79 Å². The van der Waals surface area contributed by atoms with Crippen molar-refractivity contribution in [2.24, 2.45) is 0 Å². The smallest absolute Gasteiger partial charge is 0.407 e. The predicted octanol–water partition coefficient (Wildman–Crippen LogP) is 0.214. The van der Waals surface area contributed by atoms with Gasteiger partial charge in [0, 0.05) is 0 Å². The third kappa shape index (κ3) is 3.14. The van der Waals surface area contributed by atoms with Gasteiger partial charge in [-0.2, -0.15) is 0 Å². The number of hydrogen-bond acceptors (Lipinski definition) is 4. The first-order chi connectivity index (χ1) is 6.22. The molecule has 5 heteroatoms. The molecule has 0 bridgehead atoms. The molecule has 5 nitrogen and oxygen atoms in total. The summed E-state index contributed by atoms with van der Waals surface area (Å²) in [7, 11) is 0. The lowest BCUT2D eigenvalue weighted by Crippen LogP contribution is -2.35. The molecule has 0 aliphatic carbocycles. The van der Waals surface area contributed by atoms with Gasteiger partial charge in [0.2, 0.25) is 0 Å². The monoisotopic (exact) mass is 185 g/mol. The quantitative estimate of drug-likeness (QED) is 0.504. The highest BCUT2D eigenvalue weighted by atomic mass is 16.6. The number of ether oxygens (including phenoxy) is 2. The average Bonchev–Trinajstić information content (AvgIpc) is 2.48. The van der Waals surface area contributed by atoms with E-state index in [0.717, 1.165) is 0 Å². The van der Waals surface area contributed by atoms with Crippen molar-refractivity contribution in [3.05, 3.63) is 12.7 Å². The summed E-state index contributed by atoms with van der Waals surface area (Å²) in [4.78, 5) is 21.5. The van der Waals surface area contributed by atoms with Gasteiger partial charge in [-0.05, 0) is 0 Å². The second kappa shape index (κ2) is 4.49. The fraction of sp³-hybridized carbons (Fsp3) is 0.500. The highest BCUT2D eigenvalue weighted by Crippen LogP contribution is 2.05. The molecule has 0 aromatic rings. The van der Waals surface area contributed by atoms with Gasteiger partial charge in [-0.1, -0.05) is 12.7 Å². The number of carbonyl (C=O) groups is 2. The van der Waals surface area contributed by atoms with Crippen molar-refractivity contribution in [1.29, 1.82) is 0 Å². The maximum Gasteiger partial charge on any atom is 0.407 e. The van der Waals surface area contributed by atoms with E-state index in [9.17, 15) is 9.59 Å². The van der Waals surface area contributed by atoms with Gasteiger partial charge in [0.05, 0.1) is 12.5 Å². The highest BCUT2D eigenvalue weighted by Gasteiger charge is 2.25. The summed E-state index contributed by atoms with van der Waals surface area (Å²) in [5.74, 6) is -0.297. The van der Waals surface area contributed by atoms with Crippen molar-refractivity contribution in [3.63, 3.8) is 0 Å². The number of hydrogen-bond donors (Lipinski definition) is 1. The van der Waals surface area contributed by atoms with Gasteiger partial charge >= 0.3 is 12.1 Å². The van der Waals surface area contributed by atoms with E-state index < -0.39 is 6.09 Å². The van der Waals surface area contributed by atoms with Crippen molar-refractivity contribution in [2.45, 2.75) is 12.5 Å². The Morgan fingerprint density at radius 2 is 2.62 bits per heavy atom. The second-order valence-electron chi connectivity index (χ2n) is 2.62. The van der Waals surface area contributed by atoms with Gasteiger partial charge in [-0.25, -0.2) is 4.79 Å². The van der Waals surface area contributed by atoms with Crippen LogP contribution in [0.1, 0.15) is 6.42 Å². The fourth-order valence-corrected chi connectivity index (χ4v) is 0.948. The van der Waals surface area contributed by atoms with Crippen molar-refractivity contribution in [2.75, 3.05) is 13.2 Å². The Hall–Kier alpha value is -1.52. The summed E-state index contributed by atoms with van der Waals surface area (Å²) in [6.45, 7) is 3.78. The molecule has 72 valence electrons. The third-order valence-electron chi connectivity index (χ3n) is 1.51. The molecule has 0 saturated carbocycles. The first-order valence-electron chi connectivity index (χ1n) is 3.92. The molecule has 1 aliphatic rings. The molecule has 1 heterocycles. The largest absolute Gasteiger partial charge is 0.463 e. The van der Waals surface area contributed by atoms with E-state index in [2.05, 4.69) is 21.4 Å². The van der Waals surface area contributed by atoms with Crippen LogP contribution in [0.25, 0.3) is 0 Å². The lowest BCUT2D eigenvalue weighted by Gasteiger charge is -2.08. The Bertz CT molecular complexity index is 226. The maximum atomic E-state index is 10.9. The molecule has 1 aliphatic heterocycles. The standard InChI is InChI=1S/C8H11NO4/c1-2-3-12-8(11)9-6-4-7(10)13-5-6/h2,6H,1,3-5H2,(H,9,11)/t6-/m0/s1. The summed E-state index contributed by atoms with van der Waals surface area (Å²) in [6.07, 6.45) is 1.13. The van der Waals surface area contributed by atoms with Crippen LogP contribution in [0.5, 0.6) is 0 Å². The average molecular weight is 185 g/mol. The Labute approximate surface area is 75.7 Å². The van der Waals surface area contributed by atoms with Crippen LogP contribution in [0, 0.1) is 0 Å². The highest BCUT2D eigenvalue weighted by molar-refractivity contribution is 5.74. The molecule has 1 N–H and O–H groups in total. The van der Waals surface area contributed by atoms with Gasteiger partial charge in [0.1, 0.15) is 13.2 Å². The van der Waals surface area contributed by atoms with E-state index in [1.165, 1.54) is 6.08 Å². The molecule has 0 spiro atoms. The Balaban J connectivity index is 2.20. The summed E-state index contributed by atoms with van der Waals surface area (Å²) in [6, 6.07) is -0.259. The number of amides is 1. The number of esters is 1. The summed E-state index contributed by atoms with van der Waals surface area (Å²) in [5.41, 5.74) is 0.